The van der Waals surface area contributed by atoms with Crippen LogP contribution in [0.15, 0.2) is 67.0 Å². The van der Waals surface area contributed by atoms with Crippen LogP contribution in [0.4, 0.5) is 0 Å². The van der Waals surface area contributed by atoms with Crippen LogP contribution in [0.5, 0.6) is 28.7 Å². The number of benzene rings is 3. The fourth-order valence-electron chi connectivity index (χ4n) is 14.6. The summed E-state index contributed by atoms with van der Waals surface area (Å²) in [6, 6.07) is 16.7. The van der Waals surface area contributed by atoms with E-state index in [2.05, 4.69) is 16.8 Å². The maximum Gasteiger partial charge on any atom is 0.317 e. The zero-order valence-electron chi connectivity index (χ0n) is 39.1. The fraction of sp³-hybridized carbons (Fsp3) is 0.472. The molecule has 0 spiro atoms. The number of aromatic nitrogens is 2. The Balaban J connectivity index is 1.06. The Hall–Kier alpha value is -6.38. The average Bonchev–Trinajstić information content (AvgIpc) is 4.09. The van der Waals surface area contributed by atoms with Gasteiger partial charge in [-0.1, -0.05) is 48.2 Å². The van der Waals surface area contributed by atoms with Gasteiger partial charge in [0.05, 0.1) is 35.8 Å². The summed E-state index contributed by atoms with van der Waals surface area (Å²) >= 11 is 0. The average molecular weight is 1000 g/mol. The minimum absolute atomic E-state index is 0.118. The number of nitrogens with two attached hydrogens (primary N) is 2. The molecular formula is C53H54N4O16. The number of nitrogens with zero attached hydrogens (tertiary/aromatic N) is 1. The summed E-state index contributed by atoms with van der Waals surface area (Å²) < 4.78 is 47.8. The van der Waals surface area contributed by atoms with Crippen molar-refractivity contribution in [1.82, 2.24) is 9.55 Å². The summed E-state index contributed by atoms with van der Waals surface area (Å²) in [7, 11) is 0. The van der Waals surface area contributed by atoms with Crippen LogP contribution in [0.2, 0.25) is 0 Å². The molecule has 1 saturated heterocycles. The Morgan fingerprint density at radius 2 is 1.75 bits per heavy atom. The number of rotatable bonds is 11. The number of ether oxygens (including phenoxy) is 7. The molecule has 20 nitrogen and oxygen atoms in total. The topological polar surface area (TPSA) is 313 Å². The normalized spacial score (nSPS) is 34.9. The number of aliphatic hydroxyl groups excluding tert-OH is 4. The quantitative estimate of drug-likeness (QED) is 0.0390. The number of carboxylic acid groups (broad SMARTS) is 1. The molecule has 4 aliphatic carbocycles. The molecule has 10 bridgehead atoms. The number of aliphatic hydroxyl groups is 6. The molecule has 382 valence electrons. The minimum Gasteiger partial charge on any atom is -0.487 e. The first-order valence-corrected chi connectivity index (χ1v) is 24.7. The van der Waals surface area contributed by atoms with Gasteiger partial charge in [-0.05, 0) is 66.2 Å². The number of aromatic amines is 1. The second kappa shape index (κ2) is 16.8. The van der Waals surface area contributed by atoms with Gasteiger partial charge < -0.3 is 89.9 Å². The van der Waals surface area contributed by atoms with Crippen molar-refractivity contribution in [2.24, 2.45) is 35.1 Å². The van der Waals surface area contributed by atoms with E-state index in [1.54, 1.807) is 18.3 Å². The van der Waals surface area contributed by atoms with Crippen LogP contribution < -0.4 is 35.2 Å². The molecule has 5 aromatic rings. The number of carboxylic acids is 1. The third-order valence-corrected chi connectivity index (χ3v) is 17.3. The number of esters is 1. The molecule has 14 rings (SSSR count). The molecule has 5 aliphatic heterocycles. The molecule has 12 N–H and O–H groups in total. The van der Waals surface area contributed by atoms with E-state index in [0.29, 0.717) is 58.7 Å². The summed E-state index contributed by atoms with van der Waals surface area (Å²) in [6.45, 7) is -1.14. The van der Waals surface area contributed by atoms with Gasteiger partial charge in [0.25, 0.3) is 0 Å². The highest BCUT2D eigenvalue weighted by atomic mass is 16.7. The van der Waals surface area contributed by atoms with Gasteiger partial charge in [0.15, 0.2) is 30.0 Å². The van der Waals surface area contributed by atoms with Gasteiger partial charge in [-0.3, -0.25) is 9.59 Å². The molecule has 16 atom stereocenters. The molecule has 2 aromatic heterocycles. The van der Waals surface area contributed by atoms with Crippen LogP contribution in [-0.4, -0.2) is 125 Å². The van der Waals surface area contributed by atoms with Crippen molar-refractivity contribution >= 4 is 22.8 Å². The highest BCUT2D eigenvalue weighted by molar-refractivity contribution is 5.90. The van der Waals surface area contributed by atoms with E-state index in [-0.39, 0.29) is 42.9 Å². The number of hydrogen-bond acceptors (Lipinski definition) is 17. The van der Waals surface area contributed by atoms with Crippen molar-refractivity contribution in [2.75, 3.05) is 13.4 Å². The van der Waals surface area contributed by atoms with Gasteiger partial charge >= 0.3 is 11.9 Å². The number of nitrogens with one attached hydrogen (secondary N) is 1. The number of carbonyl (C=O) groups is 2. The number of H-pyrrole nitrogens is 1. The molecule has 7 heterocycles. The molecule has 3 aromatic carbocycles. The molecule has 4 saturated carbocycles. The van der Waals surface area contributed by atoms with Crippen molar-refractivity contribution in [3.63, 3.8) is 0 Å². The standard InChI is InChI=1S/C53H54N4O16/c54-49(55)47(71-36(63)16-35(61)62)48-52(65)30-14-23-6-8-27(30)41-37(23)38-29(18-57-17-24-12-13-56-42(24)31(57)19-58)39-34(15-33(38)70-51(73-48)53(41,66)50(52)64)69-43-26(22-4-2-1-3-5-22)9-7-25(60)20-67-45-32(68-21-59)11-10-28-40(43)46(39)72-44(28)45/h1-5,10-13,15,17,23,25-27,30,37,40-41,43,46-51,56,58-60,64-66H,6,8,14,16,18-21,54-55H2,(H,61,62). The van der Waals surface area contributed by atoms with Gasteiger partial charge in [0.1, 0.15) is 60.6 Å². The van der Waals surface area contributed by atoms with E-state index < -0.39 is 121 Å². The zero-order chi connectivity index (χ0) is 50.4. The van der Waals surface area contributed by atoms with Crippen molar-refractivity contribution < 1.29 is 78.5 Å². The highest BCUT2D eigenvalue weighted by Crippen LogP contribution is 2.72. The van der Waals surface area contributed by atoms with Crippen LogP contribution in [0, 0.1) is 35.5 Å². The van der Waals surface area contributed by atoms with Gasteiger partial charge in [-0.25, -0.2) is 0 Å². The van der Waals surface area contributed by atoms with Crippen molar-refractivity contribution in [1.29, 1.82) is 0 Å². The first-order valence-electron chi connectivity index (χ1n) is 24.7. The zero-order valence-corrected chi connectivity index (χ0v) is 39.1. The predicted molar refractivity (Wildman–Crippen MR) is 251 cm³/mol. The highest BCUT2D eigenvalue weighted by Gasteiger charge is 2.80. The lowest BCUT2D eigenvalue weighted by Gasteiger charge is -2.70. The smallest absolute Gasteiger partial charge is 0.317 e. The van der Waals surface area contributed by atoms with E-state index >= 15 is 0 Å². The van der Waals surface area contributed by atoms with E-state index in [4.69, 9.17) is 44.6 Å². The van der Waals surface area contributed by atoms with Crippen LogP contribution >= 0.6 is 0 Å². The third kappa shape index (κ3) is 6.60. The number of aliphatic carboxylic acids is 1. The summed E-state index contributed by atoms with van der Waals surface area (Å²) in [5.41, 5.74) is 12.8. The molecular weight excluding hydrogens is 949 g/mol. The molecule has 20 heteroatoms. The number of carbonyl (C=O) groups excluding carboxylic acids is 1. The van der Waals surface area contributed by atoms with E-state index in [1.165, 1.54) is 0 Å². The lowest BCUT2D eigenvalue weighted by molar-refractivity contribution is -0.419. The summed E-state index contributed by atoms with van der Waals surface area (Å²) in [4.78, 5) is 27.9. The summed E-state index contributed by atoms with van der Waals surface area (Å²) in [6.07, 6.45) is -7.36. The molecule has 0 amide bonds. The Bertz CT molecular complexity index is 3130. The first kappa shape index (κ1) is 46.4. The second-order valence-corrected chi connectivity index (χ2v) is 20.8. The second-order valence-electron chi connectivity index (χ2n) is 20.8. The maximum atomic E-state index is 13.5. The Morgan fingerprint density at radius 1 is 0.945 bits per heavy atom. The molecule has 5 fully saturated rings. The monoisotopic (exact) mass is 1000 g/mol. The summed E-state index contributed by atoms with van der Waals surface area (Å²) in [5, 5.41) is 81.9. The fourth-order valence-corrected chi connectivity index (χ4v) is 14.6. The predicted octanol–water partition coefficient (Wildman–Crippen LogP) is 1.69. The van der Waals surface area contributed by atoms with Gasteiger partial charge in [0.2, 0.25) is 12.0 Å². The Morgan fingerprint density at radius 3 is 2.52 bits per heavy atom. The minimum atomic E-state index is -2.30. The van der Waals surface area contributed by atoms with Gasteiger partial charge in [0, 0.05) is 53.0 Å². The van der Waals surface area contributed by atoms with Crippen LogP contribution in [0.1, 0.15) is 83.1 Å². The summed E-state index contributed by atoms with van der Waals surface area (Å²) in [5.74, 6) is 0.791. The van der Waals surface area contributed by atoms with E-state index in [9.17, 15) is 45.3 Å². The van der Waals surface area contributed by atoms with Crippen molar-refractivity contribution in [2.45, 2.75) is 117 Å². The van der Waals surface area contributed by atoms with E-state index in [1.807, 2.05) is 53.2 Å². The van der Waals surface area contributed by atoms with Crippen molar-refractivity contribution in [3.05, 3.63) is 101 Å². The number of fused-ring (bicyclic) bond motifs is 6. The molecule has 73 heavy (non-hydrogen) atoms. The number of hydrogen-bond donors (Lipinski definition) is 10. The van der Waals surface area contributed by atoms with Gasteiger partial charge in [-0.15, -0.1) is 0 Å². The van der Waals surface area contributed by atoms with Crippen LogP contribution in [0.25, 0.3) is 10.9 Å². The van der Waals surface area contributed by atoms with Gasteiger partial charge in [-0.2, -0.15) is 0 Å². The van der Waals surface area contributed by atoms with Crippen molar-refractivity contribution in [3.8, 4) is 40.6 Å². The van der Waals surface area contributed by atoms with Crippen LogP contribution in [0.3, 0.4) is 0 Å². The third-order valence-electron chi connectivity index (χ3n) is 17.3. The molecule has 9 aliphatic rings. The SMILES string of the molecule is NC(N)C(OC(=O)CC(=O)O)C1OC2Oc3cc4c(c(Cn5cc6cc[nH]c6c5CO)c3C3C5CCC6C(C5)C1(O)C(O)C2(O)C63)C1Oc2c3ccc(OCO)c2OCC(O)C#CC(c2ccccc2)C(O4)C31. The lowest BCUT2D eigenvalue weighted by Crippen LogP contribution is -2.86. The first-order chi connectivity index (χ1) is 35.2. The largest absolute Gasteiger partial charge is 0.487 e. The Labute approximate surface area is 416 Å². The molecule has 0 radical (unpaired) electrons. The van der Waals surface area contributed by atoms with Crippen LogP contribution in [-0.2, 0) is 32.2 Å². The molecule has 16 unspecified atom stereocenters. The Kier molecular flexibility index (Phi) is 10.7. The van der Waals surface area contributed by atoms with E-state index in [0.717, 1.165) is 16.5 Å². The maximum absolute atomic E-state index is 13.5. The lowest BCUT2D eigenvalue weighted by atomic mass is 9.40.